The van der Waals surface area contributed by atoms with Crippen molar-refractivity contribution in [2.45, 2.75) is 11.8 Å². The second-order valence-electron chi connectivity index (χ2n) is 5.17. The number of hydrogen-bond donors (Lipinski definition) is 2. The summed E-state index contributed by atoms with van der Waals surface area (Å²) < 4.78 is 38.2. The van der Waals surface area contributed by atoms with E-state index in [0.29, 0.717) is 28.2 Å². The lowest BCUT2D eigenvalue weighted by atomic mass is 10.3. The van der Waals surface area contributed by atoms with Crippen molar-refractivity contribution in [3.63, 3.8) is 0 Å². The second kappa shape index (κ2) is 6.04. The molecule has 0 bridgehead atoms. The molecule has 2 N–H and O–H groups in total. The first-order valence-corrected chi connectivity index (χ1v) is 8.62. The number of anilines is 1. The largest absolute Gasteiger partial charge is 0.497 e. The molecule has 3 aromatic rings. The predicted octanol–water partition coefficient (Wildman–Crippen LogP) is 2.69. The van der Waals surface area contributed by atoms with Crippen LogP contribution in [0.3, 0.4) is 0 Å². The summed E-state index contributed by atoms with van der Waals surface area (Å²) >= 11 is 0. The summed E-state index contributed by atoms with van der Waals surface area (Å²) in [6.45, 7) is 1.81. The van der Waals surface area contributed by atoms with E-state index in [2.05, 4.69) is 14.7 Å². The van der Waals surface area contributed by atoms with E-state index in [-0.39, 0.29) is 4.90 Å². The number of nitrogens with zero attached hydrogens (tertiary/aromatic N) is 1. The number of aromatic amines is 1. The Morgan fingerprint density at radius 2 is 1.88 bits per heavy atom. The molecule has 0 saturated carbocycles. The number of nitrogens with one attached hydrogen (secondary N) is 2. The van der Waals surface area contributed by atoms with Gasteiger partial charge in [-0.05, 0) is 37.3 Å². The van der Waals surface area contributed by atoms with Crippen LogP contribution in [0.5, 0.6) is 11.5 Å². The lowest BCUT2D eigenvalue weighted by Crippen LogP contribution is -2.13. The highest BCUT2D eigenvalue weighted by molar-refractivity contribution is 7.92. The standard InChI is InChI=1S/C16H17N3O4S/c1-10-17-13-6-5-12(9-14(13)18-10)24(20,21)19-15-8-11(22-2)4-7-16(15)23-3/h4-9,19H,1-3H3,(H,17,18). The van der Waals surface area contributed by atoms with Gasteiger partial charge in [-0.3, -0.25) is 4.72 Å². The van der Waals surface area contributed by atoms with Gasteiger partial charge in [0.2, 0.25) is 0 Å². The summed E-state index contributed by atoms with van der Waals surface area (Å²) in [7, 11) is -0.807. The molecule has 126 valence electrons. The van der Waals surface area contributed by atoms with Crippen LogP contribution in [0.1, 0.15) is 5.82 Å². The molecule has 1 aromatic heterocycles. The average molecular weight is 347 g/mol. The molecular formula is C16H17N3O4S. The zero-order valence-corrected chi connectivity index (χ0v) is 14.3. The van der Waals surface area contributed by atoms with Crippen molar-refractivity contribution < 1.29 is 17.9 Å². The Morgan fingerprint density at radius 3 is 2.58 bits per heavy atom. The highest BCUT2D eigenvalue weighted by Crippen LogP contribution is 2.31. The SMILES string of the molecule is COc1ccc(OC)c(NS(=O)(=O)c2ccc3nc(C)[nH]c3c2)c1. The highest BCUT2D eigenvalue weighted by atomic mass is 32.2. The number of aromatic nitrogens is 2. The number of benzene rings is 2. The molecular weight excluding hydrogens is 330 g/mol. The van der Waals surface area contributed by atoms with Gasteiger partial charge in [0, 0.05) is 6.07 Å². The molecule has 8 heteroatoms. The number of ether oxygens (including phenoxy) is 2. The van der Waals surface area contributed by atoms with Crippen LogP contribution in [0.15, 0.2) is 41.3 Å². The maximum atomic E-state index is 12.7. The Bertz CT molecular complexity index is 996. The van der Waals surface area contributed by atoms with Crippen molar-refractivity contribution in [3.8, 4) is 11.5 Å². The van der Waals surface area contributed by atoms with Crippen LogP contribution >= 0.6 is 0 Å². The molecule has 24 heavy (non-hydrogen) atoms. The Labute approximate surface area is 139 Å². The van der Waals surface area contributed by atoms with Crippen molar-refractivity contribution >= 4 is 26.7 Å². The fourth-order valence-corrected chi connectivity index (χ4v) is 3.47. The minimum atomic E-state index is -3.79. The molecule has 0 aliphatic heterocycles. The second-order valence-corrected chi connectivity index (χ2v) is 6.86. The zero-order chi connectivity index (χ0) is 17.3. The van der Waals surface area contributed by atoms with Gasteiger partial charge in [-0.1, -0.05) is 0 Å². The van der Waals surface area contributed by atoms with Gasteiger partial charge in [0.05, 0.1) is 35.8 Å². The first-order chi connectivity index (χ1) is 11.4. The highest BCUT2D eigenvalue weighted by Gasteiger charge is 2.18. The van der Waals surface area contributed by atoms with Crippen LogP contribution in [-0.4, -0.2) is 32.6 Å². The van der Waals surface area contributed by atoms with Gasteiger partial charge >= 0.3 is 0 Å². The Kier molecular flexibility index (Phi) is 4.06. The van der Waals surface area contributed by atoms with Gasteiger partial charge in [-0.25, -0.2) is 13.4 Å². The molecule has 3 rings (SSSR count). The van der Waals surface area contributed by atoms with E-state index < -0.39 is 10.0 Å². The van der Waals surface area contributed by atoms with Crippen molar-refractivity contribution in [2.24, 2.45) is 0 Å². The number of hydrogen-bond acceptors (Lipinski definition) is 5. The monoisotopic (exact) mass is 347 g/mol. The average Bonchev–Trinajstić information content (AvgIpc) is 2.93. The number of fused-ring (bicyclic) bond motifs is 1. The molecule has 7 nitrogen and oxygen atoms in total. The molecule has 0 amide bonds. The lowest BCUT2D eigenvalue weighted by Gasteiger charge is -2.13. The van der Waals surface area contributed by atoms with Crippen LogP contribution in [0, 0.1) is 6.92 Å². The maximum Gasteiger partial charge on any atom is 0.262 e. The molecule has 0 saturated heterocycles. The topological polar surface area (TPSA) is 93.3 Å². The van der Waals surface area contributed by atoms with Crippen molar-refractivity contribution in [1.82, 2.24) is 9.97 Å². The number of methoxy groups -OCH3 is 2. The third-order valence-corrected chi connectivity index (χ3v) is 4.90. The molecule has 0 aliphatic rings. The van der Waals surface area contributed by atoms with Crippen LogP contribution in [0.4, 0.5) is 5.69 Å². The van der Waals surface area contributed by atoms with Crippen LogP contribution < -0.4 is 14.2 Å². The van der Waals surface area contributed by atoms with E-state index in [1.54, 1.807) is 30.3 Å². The fourth-order valence-electron chi connectivity index (χ4n) is 2.38. The number of sulfonamides is 1. The summed E-state index contributed by atoms with van der Waals surface area (Å²) in [4.78, 5) is 7.42. The summed E-state index contributed by atoms with van der Waals surface area (Å²) in [6.07, 6.45) is 0. The van der Waals surface area contributed by atoms with Gasteiger partial charge in [0.15, 0.2) is 0 Å². The maximum absolute atomic E-state index is 12.7. The predicted molar refractivity (Wildman–Crippen MR) is 91.2 cm³/mol. The molecule has 0 aliphatic carbocycles. The zero-order valence-electron chi connectivity index (χ0n) is 13.5. The molecule has 0 spiro atoms. The summed E-state index contributed by atoms with van der Waals surface area (Å²) in [5.41, 5.74) is 1.68. The first kappa shape index (κ1) is 16.1. The van der Waals surface area contributed by atoms with Crippen molar-refractivity contribution in [2.75, 3.05) is 18.9 Å². The van der Waals surface area contributed by atoms with Gasteiger partial charge in [-0.15, -0.1) is 0 Å². The van der Waals surface area contributed by atoms with Gasteiger partial charge in [0.1, 0.15) is 17.3 Å². The van der Waals surface area contributed by atoms with E-state index in [0.717, 1.165) is 5.82 Å². The number of imidazole rings is 1. The third kappa shape index (κ3) is 3.00. The molecule has 0 radical (unpaired) electrons. The molecule has 1 heterocycles. The normalized spacial score (nSPS) is 11.5. The Morgan fingerprint density at radius 1 is 1.08 bits per heavy atom. The summed E-state index contributed by atoms with van der Waals surface area (Å²) in [5.74, 6) is 1.65. The number of rotatable bonds is 5. The van der Waals surface area contributed by atoms with Crippen LogP contribution in [0.2, 0.25) is 0 Å². The van der Waals surface area contributed by atoms with E-state index >= 15 is 0 Å². The lowest BCUT2D eigenvalue weighted by molar-refractivity contribution is 0.405. The number of aryl methyl sites for hydroxylation is 1. The molecule has 0 fully saturated rings. The van der Waals surface area contributed by atoms with Crippen molar-refractivity contribution in [1.29, 1.82) is 0 Å². The van der Waals surface area contributed by atoms with Crippen LogP contribution in [0.25, 0.3) is 11.0 Å². The molecule has 0 atom stereocenters. The van der Waals surface area contributed by atoms with Crippen molar-refractivity contribution in [3.05, 3.63) is 42.2 Å². The Balaban J connectivity index is 2.00. The minimum absolute atomic E-state index is 0.128. The van der Waals surface area contributed by atoms with Gasteiger partial charge < -0.3 is 14.5 Å². The quantitative estimate of drug-likeness (QED) is 0.740. The number of H-pyrrole nitrogens is 1. The molecule has 2 aromatic carbocycles. The van der Waals surface area contributed by atoms with E-state index in [9.17, 15) is 8.42 Å². The minimum Gasteiger partial charge on any atom is -0.497 e. The van der Waals surface area contributed by atoms with Gasteiger partial charge in [0.25, 0.3) is 10.0 Å². The van der Waals surface area contributed by atoms with E-state index in [1.807, 2.05) is 6.92 Å². The van der Waals surface area contributed by atoms with Crippen LogP contribution in [-0.2, 0) is 10.0 Å². The Hall–Kier alpha value is -2.74. The summed E-state index contributed by atoms with van der Waals surface area (Å²) in [5, 5.41) is 0. The van der Waals surface area contributed by atoms with E-state index in [1.165, 1.54) is 20.3 Å². The van der Waals surface area contributed by atoms with Gasteiger partial charge in [-0.2, -0.15) is 0 Å². The molecule has 0 unspecified atom stereocenters. The fraction of sp³-hybridized carbons (Fsp3) is 0.188. The van der Waals surface area contributed by atoms with E-state index in [4.69, 9.17) is 9.47 Å². The third-order valence-electron chi connectivity index (χ3n) is 3.53. The first-order valence-electron chi connectivity index (χ1n) is 7.14. The summed E-state index contributed by atoms with van der Waals surface area (Å²) in [6, 6.07) is 9.61. The smallest absolute Gasteiger partial charge is 0.262 e.